The molecule has 0 aliphatic carbocycles. The first-order valence-electron chi connectivity index (χ1n) is 5.16. The van der Waals surface area contributed by atoms with Crippen molar-refractivity contribution in [1.29, 1.82) is 0 Å². The Morgan fingerprint density at radius 2 is 1.82 bits per heavy atom. The fourth-order valence-corrected chi connectivity index (χ4v) is 2.27. The van der Waals surface area contributed by atoms with Crippen LogP contribution >= 0.6 is 11.6 Å². The molecule has 0 fully saturated rings. The van der Waals surface area contributed by atoms with E-state index in [2.05, 4.69) is 4.98 Å². The van der Waals surface area contributed by atoms with Crippen molar-refractivity contribution in [3.05, 3.63) is 41.7 Å². The number of hydrogen-bond acceptors (Lipinski definition) is 3. The lowest BCUT2D eigenvalue weighted by Gasteiger charge is -1.90. The van der Waals surface area contributed by atoms with Crippen molar-refractivity contribution in [2.45, 2.75) is 0 Å². The first-order chi connectivity index (χ1) is 8.31. The van der Waals surface area contributed by atoms with Gasteiger partial charge in [0.15, 0.2) is 12.0 Å². The summed E-state index contributed by atoms with van der Waals surface area (Å²) < 4.78 is 11.0. The maximum absolute atomic E-state index is 6.00. The summed E-state index contributed by atoms with van der Waals surface area (Å²) in [6, 6.07) is 9.38. The van der Waals surface area contributed by atoms with Gasteiger partial charge in [-0.2, -0.15) is 0 Å². The normalized spacial score (nSPS) is 11.8. The van der Waals surface area contributed by atoms with Crippen LogP contribution in [-0.4, -0.2) is 4.98 Å². The molecule has 0 saturated heterocycles. The predicted molar refractivity (Wildman–Crippen MR) is 66.3 cm³/mol. The maximum atomic E-state index is 6.00. The van der Waals surface area contributed by atoms with Crippen LogP contribution in [0.1, 0.15) is 0 Å². The second-order valence-corrected chi connectivity index (χ2v) is 4.35. The molecule has 4 rings (SSSR count). The lowest BCUT2D eigenvalue weighted by molar-refractivity contribution is 0.602. The van der Waals surface area contributed by atoms with Crippen LogP contribution in [0.4, 0.5) is 0 Å². The fraction of sp³-hybridized carbons (Fsp3) is 0. The van der Waals surface area contributed by atoms with Crippen LogP contribution in [0.2, 0.25) is 5.02 Å². The molecule has 17 heavy (non-hydrogen) atoms. The number of benzene rings is 2. The van der Waals surface area contributed by atoms with Crippen LogP contribution in [0.25, 0.3) is 33.0 Å². The summed E-state index contributed by atoms with van der Waals surface area (Å²) in [6.07, 6.45) is 1.43. The van der Waals surface area contributed by atoms with Gasteiger partial charge in [-0.3, -0.25) is 0 Å². The van der Waals surface area contributed by atoms with Crippen molar-refractivity contribution >= 4 is 44.6 Å². The lowest BCUT2D eigenvalue weighted by Crippen LogP contribution is -1.69. The smallest absolute Gasteiger partial charge is 0.181 e. The van der Waals surface area contributed by atoms with Crippen LogP contribution in [0.3, 0.4) is 0 Å². The molecule has 0 saturated carbocycles. The number of halogens is 1. The van der Waals surface area contributed by atoms with Crippen LogP contribution < -0.4 is 0 Å². The summed E-state index contributed by atoms with van der Waals surface area (Å²) in [4.78, 5) is 4.10. The Labute approximate surface area is 101 Å². The van der Waals surface area contributed by atoms with Gasteiger partial charge in [-0.1, -0.05) is 11.6 Å². The van der Waals surface area contributed by atoms with E-state index in [4.69, 9.17) is 20.4 Å². The van der Waals surface area contributed by atoms with E-state index in [-0.39, 0.29) is 0 Å². The van der Waals surface area contributed by atoms with E-state index in [9.17, 15) is 0 Å². The zero-order chi connectivity index (χ0) is 11.4. The summed E-state index contributed by atoms with van der Waals surface area (Å²) >= 11 is 6.00. The van der Waals surface area contributed by atoms with Gasteiger partial charge < -0.3 is 8.83 Å². The number of rotatable bonds is 0. The molecule has 0 N–H and O–H groups in total. The van der Waals surface area contributed by atoms with Crippen molar-refractivity contribution < 1.29 is 8.83 Å². The van der Waals surface area contributed by atoms with Gasteiger partial charge in [0.05, 0.1) is 0 Å². The third kappa shape index (κ3) is 1.20. The minimum atomic E-state index is 0.692. The zero-order valence-electron chi connectivity index (χ0n) is 8.61. The Hall–Kier alpha value is -2.00. The quantitative estimate of drug-likeness (QED) is 0.460. The van der Waals surface area contributed by atoms with Crippen molar-refractivity contribution in [2.24, 2.45) is 0 Å². The van der Waals surface area contributed by atoms with Gasteiger partial charge in [0, 0.05) is 21.9 Å². The van der Waals surface area contributed by atoms with E-state index < -0.39 is 0 Å². The van der Waals surface area contributed by atoms with Crippen molar-refractivity contribution in [1.82, 2.24) is 4.98 Å². The topological polar surface area (TPSA) is 39.2 Å². The molecular formula is C13H6ClNO2. The average molecular weight is 244 g/mol. The molecule has 4 aromatic rings. The SMILES string of the molecule is Clc1ccc2oc3cc4ncoc4cc3c2c1. The molecule has 82 valence electrons. The highest BCUT2D eigenvalue weighted by atomic mass is 35.5. The largest absolute Gasteiger partial charge is 0.456 e. The summed E-state index contributed by atoms with van der Waals surface area (Å²) in [6.45, 7) is 0. The molecule has 3 nitrogen and oxygen atoms in total. The minimum Gasteiger partial charge on any atom is -0.456 e. The van der Waals surface area contributed by atoms with Crippen LogP contribution in [-0.2, 0) is 0 Å². The second kappa shape index (κ2) is 3.02. The number of oxazole rings is 1. The second-order valence-electron chi connectivity index (χ2n) is 3.91. The van der Waals surface area contributed by atoms with Crippen LogP contribution in [0, 0.1) is 0 Å². The molecule has 2 aromatic carbocycles. The van der Waals surface area contributed by atoms with Crippen LogP contribution in [0.5, 0.6) is 0 Å². The van der Waals surface area contributed by atoms with Gasteiger partial charge in [0.25, 0.3) is 0 Å². The van der Waals surface area contributed by atoms with Gasteiger partial charge in [0.1, 0.15) is 16.7 Å². The lowest BCUT2D eigenvalue weighted by atomic mass is 10.1. The Morgan fingerprint density at radius 3 is 2.76 bits per heavy atom. The molecule has 0 aliphatic heterocycles. The molecule has 0 amide bonds. The number of hydrogen-bond donors (Lipinski definition) is 0. The van der Waals surface area contributed by atoms with Crippen molar-refractivity contribution in [3.63, 3.8) is 0 Å². The molecule has 0 bridgehead atoms. The van der Waals surface area contributed by atoms with Crippen molar-refractivity contribution in [2.75, 3.05) is 0 Å². The third-order valence-corrected chi connectivity index (χ3v) is 3.12. The van der Waals surface area contributed by atoms with Gasteiger partial charge >= 0.3 is 0 Å². The molecule has 2 aromatic heterocycles. The Balaban J connectivity index is 2.28. The first kappa shape index (κ1) is 9.07. The molecule has 0 unspecified atom stereocenters. The maximum Gasteiger partial charge on any atom is 0.181 e. The van der Waals surface area contributed by atoms with Gasteiger partial charge in [-0.15, -0.1) is 0 Å². The van der Waals surface area contributed by atoms with E-state index >= 15 is 0 Å². The third-order valence-electron chi connectivity index (χ3n) is 2.88. The molecule has 0 spiro atoms. The molecular weight excluding hydrogens is 238 g/mol. The Morgan fingerprint density at radius 1 is 0.941 bits per heavy atom. The van der Waals surface area contributed by atoms with Gasteiger partial charge in [-0.05, 0) is 24.3 Å². The molecule has 0 aliphatic rings. The molecule has 0 radical (unpaired) electrons. The highest BCUT2D eigenvalue weighted by Gasteiger charge is 2.10. The molecule has 0 atom stereocenters. The Bertz CT molecular complexity index is 860. The number of furan rings is 1. The minimum absolute atomic E-state index is 0.692. The summed E-state index contributed by atoms with van der Waals surface area (Å²) in [5.41, 5.74) is 3.16. The highest BCUT2D eigenvalue weighted by molar-refractivity contribution is 6.31. The monoisotopic (exact) mass is 243 g/mol. The number of nitrogens with zero attached hydrogens (tertiary/aromatic N) is 1. The van der Waals surface area contributed by atoms with Crippen LogP contribution in [0.15, 0.2) is 45.6 Å². The molecule has 2 heterocycles. The van der Waals surface area contributed by atoms with Gasteiger partial charge in [0.2, 0.25) is 0 Å². The van der Waals surface area contributed by atoms with E-state index in [1.165, 1.54) is 6.39 Å². The zero-order valence-corrected chi connectivity index (χ0v) is 9.36. The summed E-state index contributed by atoms with van der Waals surface area (Å²) in [5.74, 6) is 0. The number of fused-ring (bicyclic) bond motifs is 4. The first-order valence-corrected chi connectivity index (χ1v) is 5.54. The number of aromatic nitrogens is 1. The van der Waals surface area contributed by atoms with E-state index in [1.807, 2.05) is 30.3 Å². The highest BCUT2D eigenvalue weighted by Crippen LogP contribution is 2.33. The van der Waals surface area contributed by atoms with Crippen molar-refractivity contribution in [3.8, 4) is 0 Å². The standard InChI is InChI=1S/C13H6ClNO2/c14-7-1-2-11-8(3-7)9-4-13-10(15-6-16-13)5-12(9)17-11/h1-6H. The summed E-state index contributed by atoms with van der Waals surface area (Å²) in [5, 5.41) is 2.68. The van der Waals surface area contributed by atoms with E-state index in [0.29, 0.717) is 5.02 Å². The van der Waals surface area contributed by atoms with E-state index in [1.54, 1.807) is 0 Å². The predicted octanol–water partition coefficient (Wildman–Crippen LogP) is 4.38. The van der Waals surface area contributed by atoms with E-state index in [0.717, 1.165) is 33.0 Å². The Kier molecular flexibility index (Phi) is 1.61. The average Bonchev–Trinajstić information content (AvgIpc) is 2.89. The fourth-order valence-electron chi connectivity index (χ4n) is 2.10. The van der Waals surface area contributed by atoms with Gasteiger partial charge in [-0.25, -0.2) is 4.98 Å². The summed E-state index contributed by atoms with van der Waals surface area (Å²) in [7, 11) is 0. The molecule has 4 heteroatoms.